The molecule has 0 aliphatic heterocycles. The second kappa shape index (κ2) is 5.95. The van der Waals surface area contributed by atoms with Crippen molar-refractivity contribution in [3.63, 3.8) is 0 Å². The molecule has 1 heterocycles. The van der Waals surface area contributed by atoms with E-state index < -0.39 is 10.8 Å². The lowest BCUT2D eigenvalue weighted by Crippen LogP contribution is -2.24. The highest BCUT2D eigenvalue weighted by atomic mass is 32.2. The van der Waals surface area contributed by atoms with Gasteiger partial charge < -0.3 is 11.1 Å². The minimum atomic E-state index is -0.826. The molecule has 0 radical (unpaired) electrons. The van der Waals surface area contributed by atoms with Gasteiger partial charge in [0.05, 0.1) is 0 Å². The molecular weight excluding hydrogens is 236 g/mol. The van der Waals surface area contributed by atoms with Crippen LogP contribution in [-0.2, 0) is 17.2 Å². The molecule has 2 atom stereocenters. The van der Waals surface area contributed by atoms with Crippen LogP contribution in [0.4, 0.5) is 11.6 Å². The summed E-state index contributed by atoms with van der Waals surface area (Å²) in [5.74, 6) is 2.56. The molecule has 0 bridgehead atoms. The van der Waals surface area contributed by atoms with Crippen molar-refractivity contribution in [1.82, 2.24) is 9.97 Å². The number of rotatable bonds is 5. The predicted octanol–water partition coefficient (Wildman–Crippen LogP) is 1.11. The first-order valence-electron chi connectivity index (χ1n) is 5.63. The van der Waals surface area contributed by atoms with E-state index in [2.05, 4.69) is 15.3 Å². The van der Waals surface area contributed by atoms with Crippen LogP contribution in [-0.4, -0.2) is 32.2 Å². The minimum Gasteiger partial charge on any atom is -0.383 e. The van der Waals surface area contributed by atoms with Crippen LogP contribution < -0.4 is 11.1 Å². The summed E-state index contributed by atoms with van der Waals surface area (Å²) in [6.45, 7) is 5.84. The number of nitrogens with one attached hydrogen (secondary N) is 1. The first kappa shape index (κ1) is 13.9. The fourth-order valence-electron chi connectivity index (χ4n) is 1.51. The SMILES string of the molecule is CCc1nc(N)c(C)c(NC(C)CS(C)=O)n1. The molecule has 2 unspecified atom stereocenters. The quantitative estimate of drug-likeness (QED) is 0.825. The molecule has 1 aromatic rings. The van der Waals surface area contributed by atoms with E-state index in [0.717, 1.165) is 23.6 Å². The van der Waals surface area contributed by atoms with Crippen molar-refractivity contribution < 1.29 is 4.21 Å². The van der Waals surface area contributed by atoms with Crippen LogP contribution in [0.3, 0.4) is 0 Å². The third-order valence-electron chi connectivity index (χ3n) is 2.41. The van der Waals surface area contributed by atoms with Gasteiger partial charge in [-0.15, -0.1) is 0 Å². The number of anilines is 2. The van der Waals surface area contributed by atoms with Gasteiger partial charge in [0.15, 0.2) is 0 Å². The lowest BCUT2D eigenvalue weighted by molar-refractivity contribution is 0.682. The monoisotopic (exact) mass is 256 g/mol. The van der Waals surface area contributed by atoms with Crippen molar-refractivity contribution in [3.05, 3.63) is 11.4 Å². The maximum atomic E-state index is 11.1. The molecule has 0 aromatic carbocycles. The van der Waals surface area contributed by atoms with Crippen molar-refractivity contribution in [3.8, 4) is 0 Å². The van der Waals surface area contributed by atoms with E-state index in [-0.39, 0.29) is 6.04 Å². The number of aryl methyl sites for hydroxylation is 1. The first-order valence-corrected chi connectivity index (χ1v) is 7.36. The molecule has 0 aliphatic carbocycles. The summed E-state index contributed by atoms with van der Waals surface area (Å²) in [5, 5.41) is 3.23. The first-order chi connectivity index (χ1) is 7.93. The molecule has 1 rings (SSSR count). The number of hydrogen-bond acceptors (Lipinski definition) is 5. The number of aromatic nitrogens is 2. The van der Waals surface area contributed by atoms with Crippen molar-refractivity contribution in [2.75, 3.05) is 23.1 Å². The molecular formula is C11H20N4OS. The maximum absolute atomic E-state index is 11.1. The van der Waals surface area contributed by atoms with Gasteiger partial charge in [0.1, 0.15) is 17.5 Å². The standard InChI is InChI=1S/C11H20N4OS/c1-5-9-14-10(12)8(3)11(15-9)13-7(2)6-17(4)16/h7H,5-6H2,1-4H3,(H3,12,13,14,15). The summed E-state index contributed by atoms with van der Waals surface area (Å²) in [4.78, 5) is 8.58. The Labute approximate surface area is 105 Å². The average molecular weight is 256 g/mol. The normalized spacial score (nSPS) is 14.4. The second-order valence-corrected chi connectivity index (χ2v) is 5.62. The molecule has 0 amide bonds. The summed E-state index contributed by atoms with van der Waals surface area (Å²) in [5.41, 5.74) is 6.67. The van der Waals surface area contributed by atoms with Gasteiger partial charge in [0, 0.05) is 40.8 Å². The molecule has 1 aromatic heterocycles. The predicted molar refractivity (Wildman–Crippen MR) is 72.6 cm³/mol. The molecule has 0 fully saturated rings. The van der Waals surface area contributed by atoms with E-state index in [0.29, 0.717) is 11.6 Å². The van der Waals surface area contributed by atoms with E-state index in [1.165, 1.54) is 0 Å². The van der Waals surface area contributed by atoms with Crippen LogP contribution in [0.25, 0.3) is 0 Å². The van der Waals surface area contributed by atoms with E-state index >= 15 is 0 Å². The van der Waals surface area contributed by atoms with Gasteiger partial charge in [-0.2, -0.15) is 0 Å². The van der Waals surface area contributed by atoms with E-state index in [1.54, 1.807) is 6.26 Å². The Balaban J connectivity index is 2.89. The zero-order chi connectivity index (χ0) is 13.0. The fourth-order valence-corrected chi connectivity index (χ4v) is 2.30. The van der Waals surface area contributed by atoms with Crippen LogP contribution in [0.5, 0.6) is 0 Å². The number of nitrogen functional groups attached to an aromatic ring is 1. The molecule has 6 heteroatoms. The van der Waals surface area contributed by atoms with Crippen LogP contribution in [0.1, 0.15) is 25.2 Å². The topological polar surface area (TPSA) is 80.9 Å². The third kappa shape index (κ3) is 3.96. The van der Waals surface area contributed by atoms with Gasteiger partial charge in [0.25, 0.3) is 0 Å². The van der Waals surface area contributed by atoms with Gasteiger partial charge in [-0.25, -0.2) is 9.97 Å². The van der Waals surface area contributed by atoms with Crippen LogP contribution in [0.2, 0.25) is 0 Å². The van der Waals surface area contributed by atoms with Crippen molar-refractivity contribution in [2.45, 2.75) is 33.2 Å². The summed E-state index contributed by atoms with van der Waals surface area (Å²) in [6, 6.07) is 0.0959. The van der Waals surface area contributed by atoms with Gasteiger partial charge in [-0.3, -0.25) is 4.21 Å². The second-order valence-electron chi connectivity index (χ2n) is 4.14. The number of nitrogens with zero attached hydrogens (tertiary/aromatic N) is 2. The smallest absolute Gasteiger partial charge is 0.135 e. The maximum Gasteiger partial charge on any atom is 0.135 e. The summed E-state index contributed by atoms with van der Waals surface area (Å²) in [7, 11) is -0.826. The third-order valence-corrected chi connectivity index (χ3v) is 3.38. The fraction of sp³-hybridized carbons (Fsp3) is 0.636. The van der Waals surface area contributed by atoms with Gasteiger partial charge in [-0.1, -0.05) is 6.92 Å². The van der Waals surface area contributed by atoms with Gasteiger partial charge in [-0.05, 0) is 13.8 Å². The zero-order valence-corrected chi connectivity index (χ0v) is 11.6. The van der Waals surface area contributed by atoms with Crippen LogP contribution in [0, 0.1) is 6.92 Å². The zero-order valence-electron chi connectivity index (χ0n) is 10.8. The minimum absolute atomic E-state index is 0.0959. The Morgan fingerprint density at radius 2 is 2.12 bits per heavy atom. The Kier molecular flexibility index (Phi) is 4.86. The Bertz CT molecular complexity index is 422. The highest BCUT2D eigenvalue weighted by Crippen LogP contribution is 2.18. The molecule has 17 heavy (non-hydrogen) atoms. The number of hydrogen-bond donors (Lipinski definition) is 2. The van der Waals surface area contributed by atoms with Crippen molar-refractivity contribution >= 4 is 22.4 Å². The Morgan fingerprint density at radius 3 is 2.65 bits per heavy atom. The highest BCUT2D eigenvalue weighted by molar-refractivity contribution is 7.84. The molecule has 3 N–H and O–H groups in total. The summed E-state index contributed by atoms with van der Waals surface area (Å²) >= 11 is 0. The average Bonchev–Trinajstić information content (AvgIpc) is 2.23. The van der Waals surface area contributed by atoms with Gasteiger partial charge in [0.2, 0.25) is 0 Å². The molecule has 5 nitrogen and oxygen atoms in total. The van der Waals surface area contributed by atoms with E-state index in [4.69, 9.17) is 5.73 Å². The molecule has 0 spiro atoms. The lowest BCUT2D eigenvalue weighted by atomic mass is 10.2. The van der Waals surface area contributed by atoms with E-state index in [9.17, 15) is 4.21 Å². The van der Waals surface area contributed by atoms with E-state index in [1.807, 2.05) is 20.8 Å². The summed E-state index contributed by atoms with van der Waals surface area (Å²) < 4.78 is 11.1. The van der Waals surface area contributed by atoms with Gasteiger partial charge >= 0.3 is 0 Å². The van der Waals surface area contributed by atoms with Crippen molar-refractivity contribution in [2.24, 2.45) is 0 Å². The van der Waals surface area contributed by atoms with Crippen molar-refractivity contribution in [1.29, 1.82) is 0 Å². The van der Waals surface area contributed by atoms with Crippen LogP contribution >= 0.6 is 0 Å². The van der Waals surface area contributed by atoms with Crippen LogP contribution in [0.15, 0.2) is 0 Å². The molecule has 0 saturated carbocycles. The summed E-state index contributed by atoms with van der Waals surface area (Å²) in [6.07, 6.45) is 2.43. The largest absolute Gasteiger partial charge is 0.383 e. The Hall–Kier alpha value is -1.17. The number of nitrogens with two attached hydrogens (primary N) is 1. The molecule has 0 aliphatic rings. The molecule has 96 valence electrons. The Morgan fingerprint density at radius 1 is 1.47 bits per heavy atom. The highest BCUT2D eigenvalue weighted by Gasteiger charge is 2.11. The lowest BCUT2D eigenvalue weighted by Gasteiger charge is -2.16. The molecule has 0 saturated heterocycles.